The highest BCUT2D eigenvalue weighted by molar-refractivity contribution is 5.95. The van der Waals surface area contributed by atoms with Gasteiger partial charge in [-0.3, -0.25) is 24.7 Å². The van der Waals surface area contributed by atoms with Crippen molar-refractivity contribution < 1.29 is 19.5 Å². The number of hydrogen-bond donors (Lipinski definition) is 4. The van der Waals surface area contributed by atoms with E-state index in [2.05, 4.69) is 15.2 Å². The molecule has 9 heteroatoms. The Balaban J connectivity index is 1.41. The zero-order chi connectivity index (χ0) is 24.8. The number of hydroxylamine groups is 1. The number of nitrogens with one attached hydrogen (secondary N) is 2. The van der Waals surface area contributed by atoms with E-state index in [0.29, 0.717) is 50.5 Å². The lowest BCUT2D eigenvalue weighted by atomic mass is 9.90. The summed E-state index contributed by atoms with van der Waals surface area (Å²) in [4.78, 5) is 31.7. The van der Waals surface area contributed by atoms with Crippen LogP contribution in [0.2, 0.25) is 0 Å². The highest BCUT2D eigenvalue weighted by Gasteiger charge is 2.35. The number of rotatable bonds is 8. The molecule has 2 aromatic carbocycles. The third-order valence-corrected chi connectivity index (χ3v) is 6.35. The number of benzene rings is 2. The molecule has 1 fully saturated rings. The molecule has 1 aromatic heterocycles. The van der Waals surface area contributed by atoms with Crippen LogP contribution in [-0.2, 0) is 11.4 Å². The van der Waals surface area contributed by atoms with Crippen molar-refractivity contribution in [3.05, 3.63) is 71.4 Å². The number of nitrogens with zero attached hydrogens (tertiary/aromatic N) is 2. The minimum absolute atomic E-state index is 0.289. The summed E-state index contributed by atoms with van der Waals surface area (Å²) in [6, 6.07) is 16.4. The molecular formula is C26H31N5O4. The van der Waals surface area contributed by atoms with Crippen LogP contribution >= 0.6 is 0 Å². The van der Waals surface area contributed by atoms with Gasteiger partial charge in [-0.05, 0) is 56.3 Å². The summed E-state index contributed by atoms with van der Waals surface area (Å²) in [7, 11) is 0. The average Bonchev–Trinajstić information content (AvgIpc) is 2.87. The van der Waals surface area contributed by atoms with Crippen molar-refractivity contribution in [2.75, 3.05) is 26.2 Å². The number of aryl methyl sites for hydroxylation is 1. The zero-order valence-electron chi connectivity index (χ0n) is 19.7. The summed E-state index contributed by atoms with van der Waals surface area (Å²) in [5.74, 6) is -0.656. The number of carbonyl (C=O) groups excluding carboxylic acids is 2. The Morgan fingerprint density at radius 3 is 2.71 bits per heavy atom. The van der Waals surface area contributed by atoms with E-state index in [1.807, 2.05) is 37.3 Å². The van der Waals surface area contributed by atoms with Gasteiger partial charge in [-0.15, -0.1) is 0 Å². The van der Waals surface area contributed by atoms with Crippen LogP contribution in [-0.4, -0.2) is 59.1 Å². The normalized spacial score (nSPS) is 18.3. The molecule has 3 aromatic rings. The van der Waals surface area contributed by atoms with Gasteiger partial charge in [-0.1, -0.05) is 18.2 Å². The molecule has 0 bridgehead atoms. The maximum atomic E-state index is 12.9. The number of fused-ring (bicyclic) bond motifs is 1. The third kappa shape index (κ3) is 5.94. The highest BCUT2D eigenvalue weighted by atomic mass is 16.5. The van der Waals surface area contributed by atoms with Gasteiger partial charge in [0.15, 0.2) is 0 Å². The van der Waals surface area contributed by atoms with E-state index >= 15 is 0 Å². The molecule has 1 aliphatic rings. The molecule has 0 radical (unpaired) electrons. The Hall–Kier alpha value is -3.53. The molecule has 2 amide bonds. The quantitative estimate of drug-likeness (QED) is 0.288. The standard InChI is InChI=1S/C26H31N5O4/c1-17-14-19(21-4-2-3-5-23(21)28-17)16-35-20-8-6-18(7-9-20)25(32)29-24-15-31(13-11-27)12-10-22(24)26(33)30-34/h2-9,14,22,24,34H,10-13,15-16,27H2,1H3,(H,29,32)(H,30,33)/t22-,24+/m0/s1. The number of para-hydroxylation sites is 1. The van der Waals surface area contributed by atoms with Crippen molar-refractivity contribution >= 4 is 22.7 Å². The summed E-state index contributed by atoms with van der Waals surface area (Å²) < 4.78 is 5.99. The number of pyridine rings is 1. The molecule has 4 rings (SSSR count). The first-order chi connectivity index (χ1) is 17.0. The second-order valence-corrected chi connectivity index (χ2v) is 8.79. The van der Waals surface area contributed by atoms with Crippen molar-refractivity contribution in [2.45, 2.75) is 26.0 Å². The molecule has 0 saturated carbocycles. The Labute approximate surface area is 204 Å². The van der Waals surface area contributed by atoms with Gasteiger partial charge < -0.3 is 15.8 Å². The fraction of sp³-hybridized carbons (Fsp3) is 0.346. The molecule has 1 aliphatic heterocycles. The summed E-state index contributed by atoms with van der Waals surface area (Å²) in [6.07, 6.45) is 0.521. The molecule has 0 spiro atoms. The molecule has 35 heavy (non-hydrogen) atoms. The topological polar surface area (TPSA) is 130 Å². The largest absolute Gasteiger partial charge is 0.489 e. The summed E-state index contributed by atoms with van der Waals surface area (Å²) >= 11 is 0. The Kier molecular flexibility index (Phi) is 7.91. The lowest BCUT2D eigenvalue weighted by Gasteiger charge is -2.37. The predicted molar refractivity (Wildman–Crippen MR) is 132 cm³/mol. The van der Waals surface area contributed by atoms with Crippen LogP contribution in [0.25, 0.3) is 10.9 Å². The van der Waals surface area contributed by atoms with Crippen LogP contribution < -0.4 is 21.3 Å². The van der Waals surface area contributed by atoms with Gasteiger partial charge in [0.1, 0.15) is 12.4 Å². The lowest BCUT2D eigenvalue weighted by molar-refractivity contribution is -0.135. The van der Waals surface area contributed by atoms with Crippen LogP contribution in [0.4, 0.5) is 0 Å². The number of piperidine rings is 1. The number of aromatic nitrogens is 1. The molecule has 2 heterocycles. The monoisotopic (exact) mass is 477 g/mol. The second-order valence-electron chi connectivity index (χ2n) is 8.79. The van der Waals surface area contributed by atoms with E-state index in [4.69, 9.17) is 15.7 Å². The Morgan fingerprint density at radius 1 is 1.20 bits per heavy atom. The van der Waals surface area contributed by atoms with Gasteiger partial charge >= 0.3 is 0 Å². The predicted octanol–water partition coefficient (Wildman–Crippen LogP) is 2.01. The molecule has 2 atom stereocenters. The SMILES string of the molecule is Cc1cc(COc2ccc(C(=O)N[C@@H]3CN(CCN)CC[C@@H]3C(=O)NO)cc2)c2ccccc2n1. The molecule has 184 valence electrons. The van der Waals surface area contributed by atoms with Crippen LogP contribution in [0.1, 0.15) is 28.0 Å². The highest BCUT2D eigenvalue weighted by Crippen LogP contribution is 2.22. The fourth-order valence-corrected chi connectivity index (χ4v) is 4.58. The minimum Gasteiger partial charge on any atom is -0.489 e. The number of likely N-dealkylation sites (tertiary alicyclic amines) is 1. The number of carbonyl (C=O) groups is 2. The van der Waals surface area contributed by atoms with Gasteiger partial charge in [0.05, 0.1) is 17.5 Å². The molecule has 0 unspecified atom stereocenters. The van der Waals surface area contributed by atoms with Crippen LogP contribution in [0.5, 0.6) is 5.75 Å². The van der Waals surface area contributed by atoms with Crippen LogP contribution in [0.15, 0.2) is 54.6 Å². The van der Waals surface area contributed by atoms with Gasteiger partial charge in [0, 0.05) is 41.8 Å². The van der Waals surface area contributed by atoms with Crippen molar-refractivity contribution in [1.29, 1.82) is 0 Å². The fourth-order valence-electron chi connectivity index (χ4n) is 4.58. The Bertz CT molecular complexity index is 1180. The van der Waals surface area contributed by atoms with E-state index in [1.54, 1.807) is 29.7 Å². The summed E-state index contributed by atoms with van der Waals surface area (Å²) in [5.41, 5.74) is 10.7. The first kappa shape index (κ1) is 24.6. The van der Waals surface area contributed by atoms with Crippen molar-refractivity contribution in [3.63, 3.8) is 0 Å². The first-order valence-electron chi connectivity index (χ1n) is 11.7. The lowest BCUT2D eigenvalue weighted by Crippen LogP contribution is -2.56. The number of amides is 2. The minimum atomic E-state index is -0.515. The van der Waals surface area contributed by atoms with Crippen LogP contribution in [0.3, 0.4) is 0 Å². The van der Waals surface area contributed by atoms with Gasteiger partial charge in [-0.25, -0.2) is 5.48 Å². The van der Waals surface area contributed by atoms with Crippen molar-refractivity contribution in [1.82, 2.24) is 20.7 Å². The molecular weight excluding hydrogens is 446 g/mol. The van der Waals surface area contributed by atoms with Gasteiger partial charge in [-0.2, -0.15) is 0 Å². The maximum Gasteiger partial charge on any atom is 0.251 e. The van der Waals surface area contributed by atoms with Crippen molar-refractivity contribution in [3.8, 4) is 5.75 Å². The molecule has 0 aliphatic carbocycles. The first-order valence-corrected chi connectivity index (χ1v) is 11.7. The molecule has 9 nitrogen and oxygen atoms in total. The second kappa shape index (κ2) is 11.3. The summed E-state index contributed by atoms with van der Waals surface area (Å²) in [6.45, 7) is 4.68. The molecule has 5 N–H and O–H groups in total. The zero-order valence-corrected chi connectivity index (χ0v) is 19.7. The summed E-state index contributed by atoms with van der Waals surface area (Å²) in [5, 5.41) is 13.1. The average molecular weight is 478 g/mol. The van der Waals surface area contributed by atoms with Crippen molar-refractivity contribution in [2.24, 2.45) is 11.7 Å². The Morgan fingerprint density at radius 2 is 1.97 bits per heavy atom. The van der Waals surface area contributed by atoms with E-state index in [1.165, 1.54) is 0 Å². The number of hydrogen-bond acceptors (Lipinski definition) is 7. The van der Waals surface area contributed by atoms with E-state index in [0.717, 1.165) is 22.2 Å². The van der Waals surface area contributed by atoms with Gasteiger partial charge in [0.25, 0.3) is 5.91 Å². The van der Waals surface area contributed by atoms with Gasteiger partial charge in [0.2, 0.25) is 5.91 Å². The third-order valence-electron chi connectivity index (χ3n) is 6.35. The molecule has 1 saturated heterocycles. The number of nitrogens with two attached hydrogens (primary N) is 1. The smallest absolute Gasteiger partial charge is 0.251 e. The van der Waals surface area contributed by atoms with E-state index in [9.17, 15) is 9.59 Å². The maximum absolute atomic E-state index is 12.9. The van der Waals surface area contributed by atoms with E-state index < -0.39 is 17.9 Å². The number of ether oxygens (including phenoxy) is 1. The van der Waals surface area contributed by atoms with Crippen LogP contribution in [0, 0.1) is 12.8 Å². The van der Waals surface area contributed by atoms with E-state index in [-0.39, 0.29) is 5.91 Å².